The second-order valence-corrected chi connectivity index (χ2v) is 7.85. The summed E-state index contributed by atoms with van der Waals surface area (Å²) in [5.74, 6) is 0.569. The molecule has 0 fully saturated rings. The van der Waals surface area contributed by atoms with Gasteiger partial charge in [0.2, 0.25) is 5.88 Å². The first-order valence-electron chi connectivity index (χ1n) is 11.0. The summed E-state index contributed by atoms with van der Waals surface area (Å²) in [4.78, 5) is 27.6. The van der Waals surface area contributed by atoms with Crippen LogP contribution >= 0.6 is 0 Å². The van der Waals surface area contributed by atoms with Crippen LogP contribution in [0.2, 0.25) is 0 Å². The number of rotatable bonds is 4. The van der Waals surface area contributed by atoms with Gasteiger partial charge in [-0.15, -0.1) is 0 Å². The van der Waals surface area contributed by atoms with Gasteiger partial charge in [-0.1, -0.05) is 48.5 Å². The number of nitrogens with two attached hydrogens (primary N) is 2. The van der Waals surface area contributed by atoms with Crippen LogP contribution in [0.15, 0.2) is 89.9 Å². The Kier molecular flexibility index (Phi) is 7.13. The molecule has 5 N–H and O–H groups in total. The number of nitrogen functional groups attached to an aromatic ring is 1. The van der Waals surface area contributed by atoms with Gasteiger partial charge in [0.1, 0.15) is 0 Å². The van der Waals surface area contributed by atoms with Crippen molar-refractivity contribution in [2.45, 2.75) is 13.0 Å². The topological polar surface area (TPSA) is 133 Å². The zero-order valence-electron chi connectivity index (χ0n) is 19.5. The second kappa shape index (κ2) is 10.6. The standard InChI is InChI=1S/C19H14N4O.C8H12N2O/c20-18-19(24)23-17(16(22-18)12-5-2-1-3-6-12)14-8-9-15-13(11-14)7-4-10-21-15;1-6(9)7-4-3-5-8(10-7)11-2/h1-11H,(H2,20,22)(H,23,24);3-6H,9H2,1-2H3. The Morgan fingerprint density at radius 1 is 0.914 bits per heavy atom. The number of nitrogens with zero attached hydrogens (tertiary/aromatic N) is 3. The molecule has 0 aliphatic carbocycles. The van der Waals surface area contributed by atoms with Gasteiger partial charge in [-0.05, 0) is 31.2 Å². The highest BCUT2D eigenvalue weighted by molar-refractivity contribution is 5.87. The Hall–Kier alpha value is -4.56. The lowest BCUT2D eigenvalue weighted by Gasteiger charge is -2.10. The zero-order valence-corrected chi connectivity index (χ0v) is 19.5. The number of ether oxygens (including phenoxy) is 1. The van der Waals surface area contributed by atoms with Crippen molar-refractivity contribution in [2.24, 2.45) is 5.73 Å². The summed E-state index contributed by atoms with van der Waals surface area (Å²) >= 11 is 0. The maximum atomic E-state index is 12.0. The van der Waals surface area contributed by atoms with Crippen molar-refractivity contribution in [1.29, 1.82) is 0 Å². The van der Waals surface area contributed by atoms with E-state index in [0.29, 0.717) is 17.3 Å². The quantitative estimate of drug-likeness (QED) is 0.359. The van der Waals surface area contributed by atoms with E-state index in [4.69, 9.17) is 16.2 Å². The van der Waals surface area contributed by atoms with E-state index in [0.717, 1.165) is 27.7 Å². The molecule has 0 bridgehead atoms. The summed E-state index contributed by atoms with van der Waals surface area (Å²) in [6.45, 7) is 1.89. The number of nitrogens with one attached hydrogen (secondary N) is 1. The summed E-state index contributed by atoms with van der Waals surface area (Å²) in [5.41, 5.74) is 15.7. The van der Waals surface area contributed by atoms with Crippen molar-refractivity contribution in [3.63, 3.8) is 0 Å². The average molecular weight is 467 g/mol. The summed E-state index contributed by atoms with van der Waals surface area (Å²) < 4.78 is 4.94. The molecule has 1 atom stereocenters. The van der Waals surface area contributed by atoms with E-state index in [1.165, 1.54) is 0 Å². The molecule has 1 unspecified atom stereocenters. The van der Waals surface area contributed by atoms with Crippen molar-refractivity contribution >= 4 is 16.7 Å². The first-order valence-corrected chi connectivity index (χ1v) is 11.0. The van der Waals surface area contributed by atoms with Crippen molar-refractivity contribution < 1.29 is 4.74 Å². The average Bonchev–Trinajstić information content (AvgIpc) is 2.90. The van der Waals surface area contributed by atoms with Crippen LogP contribution < -0.4 is 21.8 Å². The molecule has 8 heteroatoms. The largest absolute Gasteiger partial charge is 0.481 e. The van der Waals surface area contributed by atoms with Crippen LogP contribution in [0.5, 0.6) is 5.88 Å². The lowest BCUT2D eigenvalue weighted by molar-refractivity contribution is 0.395. The minimum atomic E-state index is -0.393. The van der Waals surface area contributed by atoms with Crippen LogP contribution in [0.25, 0.3) is 33.4 Å². The summed E-state index contributed by atoms with van der Waals surface area (Å²) in [5, 5.41) is 0.992. The lowest BCUT2D eigenvalue weighted by Crippen LogP contribution is -2.16. The van der Waals surface area contributed by atoms with Crippen molar-refractivity contribution in [3.8, 4) is 28.4 Å². The summed E-state index contributed by atoms with van der Waals surface area (Å²) in [7, 11) is 1.59. The van der Waals surface area contributed by atoms with Crippen LogP contribution in [0.3, 0.4) is 0 Å². The molecule has 2 aromatic carbocycles. The Morgan fingerprint density at radius 2 is 1.71 bits per heavy atom. The molecule has 0 aliphatic rings. The molecule has 5 aromatic rings. The molecular weight excluding hydrogens is 440 g/mol. The molecule has 35 heavy (non-hydrogen) atoms. The third-order valence-corrected chi connectivity index (χ3v) is 5.30. The van der Waals surface area contributed by atoms with Gasteiger partial charge in [-0.3, -0.25) is 9.78 Å². The van der Waals surface area contributed by atoms with Gasteiger partial charge in [-0.25, -0.2) is 9.97 Å². The Labute approximate surface area is 202 Å². The van der Waals surface area contributed by atoms with Gasteiger partial charge in [0.15, 0.2) is 5.82 Å². The lowest BCUT2D eigenvalue weighted by atomic mass is 10.0. The maximum absolute atomic E-state index is 12.0. The van der Waals surface area contributed by atoms with E-state index >= 15 is 0 Å². The number of aromatic nitrogens is 4. The van der Waals surface area contributed by atoms with E-state index in [2.05, 4.69) is 19.9 Å². The molecule has 0 aliphatic heterocycles. The summed E-state index contributed by atoms with van der Waals surface area (Å²) in [6.07, 6.45) is 1.75. The van der Waals surface area contributed by atoms with Crippen LogP contribution in [0.4, 0.5) is 5.82 Å². The monoisotopic (exact) mass is 466 g/mol. The highest BCUT2D eigenvalue weighted by Gasteiger charge is 2.13. The van der Waals surface area contributed by atoms with E-state index < -0.39 is 5.56 Å². The SMILES string of the molecule is COc1cccc(C(C)N)n1.Nc1nc(-c2ccccc2)c(-c2ccc3ncccc3c2)[nH]c1=O. The smallest absolute Gasteiger partial charge is 0.290 e. The predicted molar refractivity (Wildman–Crippen MR) is 139 cm³/mol. The number of anilines is 1. The van der Waals surface area contributed by atoms with E-state index in [-0.39, 0.29) is 11.9 Å². The molecule has 5 rings (SSSR count). The van der Waals surface area contributed by atoms with Gasteiger partial charge in [0, 0.05) is 34.8 Å². The van der Waals surface area contributed by atoms with E-state index in [9.17, 15) is 4.79 Å². The molecule has 0 radical (unpaired) electrons. The number of aromatic amines is 1. The summed E-state index contributed by atoms with van der Waals surface area (Å²) in [6, 6.07) is 24.9. The fourth-order valence-electron chi connectivity index (χ4n) is 3.51. The number of fused-ring (bicyclic) bond motifs is 1. The van der Waals surface area contributed by atoms with Crippen molar-refractivity contribution in [2.75, 3.05) is 12.8 Å². The normalized spacial score (nSPS) is 11.4. The Balaban J connectivity index is 0.000000221. The van der Waals surface area contributed by atoms with Crippen molar-refractivity contribution in [1.82, 2.24) is 19.9 Å². The maximum Gasteiger partial charge on any atom is 0.290 e. The zero-order chi connectivity index (χ0) is 24.8. The van der Waals surface area contributed by atoms with E-state index in [1.807, 2.05) is 79.7 Å². The molecule has 0 amide bonds. The fraction of sp³-hybridized carbons (Fsp3) is 0.111. The minimum absolute atomic E-state index is 0.0369. The fourth-order valence-corrected chi connectivity index (χ4v) is 3.51. The molecule has 176 valence electrons. The highest BCUT2D eigenvalue weighted by Crippen LogP contribution is 2.30. The highest BCUT2D eigenvalue weighted by atomic mass is 16.5. The molecule has 3 heterocycles. The number of hydrogen-bond donors (Lipinski definition) is 3. The first-order chi connectivity index (χ1) is 17.0. The minimum Gasteiger partial charge on any atom is -0.481 e. The van der Waals surface area contributed by atoms with Crippen LogP contribution in [0.1, 0.15) is 18.7 Å². The van der Waals surface area contributed by atoms with Gasteiger partial charge in [0.25, 0.3) is 5.56 Å². The Morgan fingerprint density at radius 3 is 2.46 bits per heavy atom. The third-order valence-electron chi connectivity index (χ3n) is 5.30. The number of pyridine rings is 2. The third kappa shape index (κ3) is 5.51. The van der Waals surface area contributed by atoms with Crippen molar-refractivity contribution in [3.05, 3.63) is 101 Å². The molecule has 3 aromatic heterocycles. The molecule has 0 saturated carbocycles. The van der Waals surface area contributed by atoms with Crippen LogP contribution in [-0.4, -0.2) is 27.0 Å². The number of hydrogen-bond acceptors (Lipinski definition) is 7. The van der Waals surface area contributed by atoms with Gasteiger partial charge >= 0.3 is 0 Å². The predicted octanol–water partition coefficient (Wildman–Crippen LogP) is 4.34. The molecule has 0 saturated heterocycles. The van der Waals surface area contributed by atoms with Crippen LogP contribution in [-0.2, 0) is 0 Å². The number of H-pyrrole nitrogens is 1. The van der Waals surface area contributed by atoms with Crippen LogP contribution in [0, 0.1) is 0 Å². The van der Waals surface area contributed by atoms with Gasteiger partial charge in [-0.2, -0.15) is 0 Å². The van der Waals surface area contributed by atoms with Gasteiger partial charge < -0.3 is 21.2 Å². The molecule has 8 nitrogen and oxygen atoms in total. The second-order valence-electron chi connectivity index (χ2n) is 7.85. The molecule has 0 spiro atoms. The first kappa shape index (κ1) is 23.6. The number of methoxy groups -OCH3 is 1. The molecular formula is C27H26N6O2. The number of benzene rings is 2. The van der Waals surface area contributed by atoms with Gasteiger partial charge in [0.05, 0.1) is 29.7 Å². The van der Waals surface area contributed by atoms with E-state index in [1.54, 1.807) is 19.4 Å². The Bertz CT molecular complexity index is 1500.